The summed E-state index contributed by atoms with van der Waals surface area (Å²) in [6.45, 7) is 5.99. The highest BCUT2D eigenvalue weighted by molar-refractivity contribution is 7.89. The van der Waals surface area contributed by atoms with E-state index in [9.17, 15) is 8.42 Å². The third-order valence-electron chi connectivity index (χ3n) is 5.15. The van der Waals surface area contributed by atoms with Crippen molar-refractivity contribution in [1.29, 1.82) is 0 Å². The van der Waals surface area contributed by atoms with Gasteiger partial charge in [-0.3, -0.25) is 4.90 Å². The quantitative estimate of drug-likeness (QED) is 0.855. The van der Waals surface area contributed by atoms with Gasteiger partial charge in [0, 0.05) is 25.2 Å². The van der Waals surface area contributed by atoms with Crippen LogP contribution in [0.15, 0.2) is 42.5 Å². The van der Waals surface area contributed by atoms with Crippen LogP contribution in [0.5, 0.6) is 0 Å². The molecule has 0 aromatic heterocycles. The molecule has 1 aliphatic heterocycles. The van der Waals surface area contributed by atoms with Gasteiger partial charge in [0.2, 0.25) is 10.0 Å². The van der Waals surface area contributed by atoms with E-state index in [4.69, 9.17) is 0 Å². The summed E-state index contributed by atoms with van der Waals surface area (Å²) in [5, 5.41) is 2.54. The van der Waals surface area contributed by atoms with Crippen LogP contribution in [0.25, 0.3) is 10.8 Å². The van der Waals surface area contributed by atoms with Crippen molar-refractivity contribution < 1.29 is 8.42 Å². The molecule has 1 N–H and O–H groups in total. The van der Waals surface area contributed by atoms with Crippen molar-refractivity contribution in [2.75, 3.05) is 18.8 Å². The summed E-state index contributed by atoms with van der Waals surface area (Å²) in [4.78, 5) is 2.45. The van der Waals surface area contributed by atoms with Crippen molar-refractivity contribution in [1.82, 2.24) is 9.62 Å². The highest BCUT2D eigenvalue weighted by Crippen LogP contribution is 2.27. The van der Waals surface area contributed by atoms with Gasteiger partial charge in [-0.1, -0.05) is 43.3 Å². The lowest BCUT2D eigenvalue weighted by molar-refractivity contribution is 0.159. The molecule has 1 aliphatic rings. The molecule has 1 fully saturated rings. The first-order chi connectivity index (χ1) is 12.0. The molecule has 1 heterocycles. The molecule has 4 nitrogen and oxygen atoms in total. The van der Waals surface area contributed by atoms with Crippen molar-refractivity contribution in [2.24, 2.45) is 0 Å². The molecular formula is C20H28N2O2S. The van der Waals surface area contributed by atoms with Gasteiger partial charge >= 0.3 is 0 Å². The molecule has 25 heavy (non-hydrogen) atoms. The minimum Gasteiger partial charge on any atom is -0.296 e. The smallest absolute Gasteiger partial charge is 0.211 e. The zero-order valence-electron chi connectivity index (χ0n) is 15.1. The average Bonchev–Trinajstić information content (AvgIpc) is 2.61. The standard InChI is InChI=1S/C20H28N2O2S/c1-3-14-25(23,24)21-20-10-12-22(13-11-20)16(2)18-9-8-17-6-4-5-7-19(17)15-18/h4-9,15-16,20-21H,3,10-14H2,1-2H3/t16-/m1/s1. The molecule has 5 heteroatoms. The average molecular weight is 361 g/mol. The van der Waals surface area contributed by atoms with E-state index in [1.54, 1.807) is 0 Å². The number of hydrogen-bond acceptors (Lipinski definition) is 3. The lowest BCUT2D eigenvalue weighted by atomic mass is 9.98. The van der Waals surface area contributed by atoms with Crippen molar-refractivity contribution in [3.05, 3.63) is 48.0 Å². The minimum atomic E-state index is -3.11. The first-order valence-electron chi connectivity index (χ1n) is 9.21. The summed E-state index contributed by atoms with van der Waals surface area (Å²) in [6.07, 6.45) is 2.41. The zero-order chi connectivity index (χ0) is 17.9. The third-order valence-corrected chi connectivity index (χ3v) is 6.79. The van der Waals surface area contributed by atoms with Crippen LogP contribution in [0.2, 0.25) is 0 Å². The lowest BCUT2D eigenvalue weighted by Gasteiger charge is -2.36. The second kappa shape index (κ2) is 7.85. The predicted molar refractivity (Wildman–Crippen MR) is 104 cm³/mol. The van der Waals surface area contributed by atoms with E-state index in [0.717, 1.165) is 25.9 Å². The molecule has 0 amide bonds. The Labute approximate surface area is 151 Å². The Kier molecular flexibility index (Phi) is 5.77. The van der Waals surface area contributed by atoms with E-state index in [0.29, 0.717) is 12.5 Å². The van der Waals surface area contributed by atoms with Crippen LogP contribution in [-0.4, -0.2) is 38.2 Å². The van der Waals surface area contributed by atoms with E-state index in [-0.39, 0.29) is 11.8 Å². The summed E-state index contributed by atoms with van der Waals surface area (Å²) in [7, 11) is -3.11. The maximum atomic E-state index is 11.9. The minimum absolute atomic E-state index is 0.0802. The van der Waals surface area contributed by atoms with E-state index in [1.165, 1.54) is 16.3 Å². The Hall–Kier alpha value is -1.43. The van der Waals surface area contributed by atoms with Crippen LogP contribution < -0.4 is 4.72 Å². The number of likely N-dealkylation sites (tertiary alicyclic amines) is 1. The van der Waals surface area contributed by atoms with Gasteiger partial charge in [-0.15, -0.1) is 0 Å². The highest BCUT2D eigenvalue weighted by Gasteiger charge is 2.26. The summed E-state index contributed by atoms with van der Waals surface area (Å²) >= 11 is 0. The van der Waals surface area contributed by atoms with Gasteiger partial charge in [-0.05, 0) is 48.6 Å². The Bertz CT molecular complexity index is 811. The van der Waals surface area contributed by atoms with Gasteiger partial charge in [0.25, 0.3) is 0 Å². The molecule has 0 saturated carbocycles. The lowest BCUT2D eigenvalue weighted by Crippen LogP contribution is -2.45. The van der Waals surface area contributed by atoms with Crippen molar-refractivity contribution in [3.8, 4) is 0 Å². The summed E-state index contributed by atoms with van der Waals surface area (Å²) in [5.41, 5.74) is 1.32. The number of rotatable bonds is 6. The van der Waals surface area contributed by atoms with Gasteiger partial charge in [0.1, 0.15) is 0 Å². The maximum Gasteiger partial charge on any atom is 0.211 e. The molecule has 2 aromatic rings. The van der Waals surface area contributed by atoms with Crippen molar-refractivity contribution in [2.45, 2.75) is 45.2 Å². The molecule has 0 bridgehead atoms. The number of hydrogen-bond donors (Lipinski definition) is 1. The second-order valence-corrected chi connectivity index (χ2v) is 8.90. The number of nitrogens with one attached hydrogen (secondary N) is 1. The van der Waals surface area contributed by atoms with Crippen LogP contribution in [-0.2, 0) is 10.0 Å². The van der Waals surface area contributed by atoms with E-state index >= 15 is 0 Å². The van der Waals surface area contributed by atoms with Crippen LogP contribution >= 0.6 is 0 Å². The first-order valence-corrected chi connectivity index (χ1v) is 10.9. The van der Waals surface area contributed by atoms with Crippen LogP contribution in [0.3, 0.4) is 0 Å². The first kappa shape index (κ1) is 18.4. The summed E-state index contributed by atoms with van der Waals surface area (Å²) in [5.74, 6) is 0.223. The number of benzene rings is 2. The zero-order valence-corrected chi connectivity index (χ0v) is 15.9. The molecule has 0 spiro atoms. The summed E-state index contributed by atoms with van der Waals surface area (Å²) in [6, 6.07) is 15.5. The van der Waals surface area contributed by atoms with Gasteiger partial charge < -0.3 is 0 Å². The fraction of sp³-hybridized carbons (Fsp3) is 0.500. The van der Waals surface area contributed by atoms with Crippen molar-refractivity contribution >= 4 is 20.8 Å². The van der Waals surface area contributed by atoms with E-state index in [2.05, 4.69) is 59.0 Å². The molecule has 2 aromatic carbocycles. The monoisotopic (exact) mass is 360 g/mol. The molecule has 1 saturated heterocycles. The maximum absolute atomic E-state index is 11.9. The van der Waals surface area contributed by atoms with Gasteiger partial charge in [0.15, 0.2) is 0 Å². The molecular weight excluding hydrogens is 332 g/mol. The predicted octanol–water partition coefficient (Wildman–Crippen LogP) is 3.69. The fourth-order valence-electron chi connectivity index (χ4n) is 3.66. The molecule has 1 atom stereocenters. The van der Waals surface area contributed by atoms with Gasteiger partial charge in [-0.25, -0.2) is 13.1 Å². The largest absolute Gasteiger partial charge is 0.296 e. The Morgan fingerprint density at radius 2 is 1.80 bits per heavy atom. The van der Waals surface area contributed by atoms with Crippen LogP contribution in [0.4, 0.5) is 0 Å². The Balaban J connectivity index is 1.61. The number of nitrogens with zero attached hydrogens (tertiary/aromatic N) is 1. The molecule has 0 radical (unpaired) electrons. The van der Waals surface area contributed by atoms with Crippen molar-refractivity contribution in [3.63, 3.8) is 0 Å². The number of fused-ring (bicyclic) bond motifs is 1. The summed E-state index contributed by atoms with van der Waals surface area (Å²) < 4.78 is 26.7. The highest BCUT2D eigenvalue weighted by atomic mass is 32.2. The van der Waals surface area contributed by atoms with E-state index < -0.39 is 10.0 Å². The van der Waals surface area contributed by atoms with Gasteiger partial charge in [-0.2, -0.15) is 0 Å². The normalized spacial score (nSPS) is 18.5. The molecule has 0 unspecified atom stereocenters. The molecule has 3 rings (SSSR count). The number of piperidine rings is 1. The van der Waals surface area contributed by atoms with Crippen LogP contribution in [0, 0.1) is 0 Å². The Morgan fingerprint density at radius 1 is 1.12 bits per heavy atom. The number of sulfonamides is 1. The van der Waals surface area contributed by atoms with Gasteiger partial charge in [0.05, 0.1) is 5.75 Å². The SMILES string of the molecule is CCCS(=O)(=O)NC1CCN([C@H](C)c2ccc3ccccc3c2)CC1. The molecule has 0 aliphatic carbocycles. The fourth-order valence-corrected chi connectivity index (χ4v) is 5.06. The van der Waals surface area contributed by atoms with E-state index in [1.807, 2.05) is 6.92 Å². The molecule has 136 valence electrons. The topological polar surface area (TPSA) is 49.4 Å². The third kappa shape index (κ3) is 4.60. The van der Waals surface area contributed by atoms with Crippen LogP contribution in [0.1, 0.15) is 44.7 Å². The second-order valence-electron chi connectivity index (χ2n) is 7.03. The Morgan fingerprint density at radius 3 is 2.48 bits per heavy atom.